The van der Waals surface area contributed by atoms with Gasteiger partial charge in [-0.1, -0.05) is 18.2 Å². The van der Waals surface area contributed by atoms with Crippen LogP contribution in [0.15, 0.2) is 40.5 Å². The summed E-state index contributed by atoms with van der Waals surface area (Å²) in [5.41, 5.74) is 1.58. The number of ether oxygens (including phenoxy) is 1. The zero-order valence-corrected chi connectivity index (χ0v) is 15.9. The summed E-state index contributed by atoms with van der Waals surface area (Å²) in [5, 5.41) is 4.73. The first-order valence-electron chi connectivity index (χ1n) is 8.19. The Morgan fingerprint density at radius 3 is 2.96 bits per heavy atom. The molecule has 0 spiro atoms. The Hall–Kier alpha value is -2.45. The molecule has 0 saturated heterocycles. The largest absolute Gasteiger partial charge is 0.496 e. The molecule has 6 nitrogen and oxygen atoms in total. The van der Waals surface area contributed by atoms with E-state index >= 15 is 0 Å². The fraction of sp³-hybridized carbons (Fsp3) is 0.278. The van der Waals surface area contributed by atoms with Crippen LogP contribution in [0.2, 0.25) is 0 Å². The number of aromatic amines is 1. The van der Waals surface area contributed by atoms with Crippen molar-refractivity contribution in [2.24, 2.45) is 0 Å². The van der Waals surface area contributed by atoms with Crippen molar-refractivity contribution in [1.82, 2.24) is 14.9 Å². The van der Waals surface area contributed by atoms with Crippen LogP contribution in [0.25, 0.3) is 10.2 Å². The molecule has 3 rings (SSSR count). The molecule has 3 aromatic rings. The lowest BCUT2D eigenvalue weighted by atomic mass is 10.2. The van der Waals surface area contributed by atoms with Crippen LogP contribution in [0, 0.1) is 4.77 Å². The molecule has 8 heteroatoms. The highest BCUT2D eigenvalue weighted by molar-refractivity contribution is 7.71. The molecule has 1 amide bonds. The molecule has 0 radical (unpaired) electrons. The van der Waals surface area contributed by atoms with Crippen LogP contribution in [0.3, 0.4) is 0 Å². The molecule has 0 aliphatic heterocycles. The third kappa shape index (κ3) is 4.03. The van der Waals surface area contributed by atoms with Crippen LogP contribution >= 0.6 is 23.6 Å². The van der Waals surface area contributed by atoms with Crippen molar-refractivity contribution in [3.05, 3.63) is 56.4 Å². The minimum Gasteiger partial charge on any atom is -0.496 e. The van der Waals surface area contributed by atoms with Gasteiger partial charge in [-0.15, -0.1) is 11.3 Å². The molecule has 0 aliphatic rings. The molecule has 2 aromatic heterocycles. The summed E-state index contributed by atoms with van der Waals surface area (Å²) >= 11 is 6.64. The maximum absolute atomic E-state index is 12.4. The molecule has 26 heavy (non-hydrogen) atoms. The second-order valence-electron chi connectivity index (χ2n) is 5.74. The predicted octanol–water partition coefficient (Wildman–Crippen LogP) is 3.23. The maximum atomic E-state index is 12.4. The average molecular weight is 390 g/mol. The maximum Gasteiger partial charge on any atom is 0.272 e. The van der Waals surface area contributed by atoms with Gasteiger partial charge in [0.25, 0.3) is 5.56 Å². The Bertz CT molecular complexity index is 1040. The molecular weight excluding hydrogens is 370 g/mol. The van der Waals surface area contributed by atoms with E-state index in [9.17, 15) is 9.59 Å². The van der Waals surface area contributed by atoms with Gasteiger partial charge >= 0.3 is 0 Å². The lowest BCUT2D eigenvalue weighted by molar-refractivity contribution is -0.121. The van der Waals surface area contributed by atoms with Crippen LogP contribution < -0.4 is 15.6 Å². The molecule has 0 unspecified atom stereocenters. The fourth-order valence-electron chi connectivity index (χ4n) is 2.70. The molecule has 0 bridgehead atoms. The van der Waals surface area contributed by atoms with Crippen molar-refractivity contribution in [2.75, 3.05) is 7.11 Å². The predicted molar refractivity (Wildman–Crippen MR) is 105 cm³/mol. The molecule has 1 aromatic carbocycles. The van der Waals surface area contributed by atoms with Gasteiger partial charge in [-0.05, 0) is 36.2 Å². The number of carbonyl (C=O) groups excluding carboxylic acids is 1. The number of amides is 1. The van der Waals surface area contributed by atoms with E-state index in [-0.39, 0.29) is 11.5 Å². The van der Waals surface area contributed by atoms with Gasteiger partial charge in [0.2, 0.25) is 5.91 Å². The van der Waals surface area contributed by atoms with Crippen molar-refractivity contribution in [1.29, 1.82) is 0 Å². The molecule has 0 aliphatic carbocycles. The van der Waals surface area contributed by atoms with Crippen LogP contribution in [-0.4, -0.2) is 22.6 Å². The van der Waals surface area contributed by atoms with Gasteiger partial charge in [0, 0.05) is 25.1 Å². The van der Waals surface area contributed by atoms with E-state index in [1.165, 1.54) is 15.9 Å². The second-order valence-corrected chi connectivity index (χ2v) is 7.05. The monoisotopic (exact) mass is 389 g/mol. The highest BCUT2D eigenvalue weighted by atomic mass is 32.1. The first-order chi connectivity index (χ1) is 12.6. The van der Waals surface area contributed by atoms with Crippen molar-refractivity contribution >= 4 is 39.7 Å². The van der Waals surface area contributed by atoms with E-state index < -0.39 is 0 Å². The molecule has 136 valence electrons. The molecule has 2 heterocycles. The Balaban J connectivity index is 1.56. The number of para-hydroxylation sites is 1. The number of fused-ring (bicyclic) bond motifs is 1. The minimum atomic E-state index is -0.104. The summed E-state index contributed by atoms with van der Waals surface area (Å²) in [6.07, 6.45) is 0.852. The van der Waals surface area contributed by atoms with Crippen LogP contribution in [0.4, 0.5) is 0 Å². The topological polar surface area (TPSA) is 76.1 Å². The number of methoxy groups -OCH3 is 1. The Kier molecular flexibility index (Phi) is 5.85. The summed E-state index contributed by atoms with van der Waals surface area (Å²) in [5.74, 6) is 0.672. The normalized spacial score (nSPS) is 10.8. The van der Waals surface area contributed by atoms with Crippen LogP contribution in [0.5, 0.6) is 5.75 Å². The Morgan fingerprint density at radius 2 is 2.15 bits per heavy atom. The minimum absolute atomic E-state index is 0.0731. The fourth-order valence-corrected chi connectivity index (χ4v) is 3.78. The third-order valence-corrected chi connectivity index (χ3v) is 5.27. The third-order valence-electron chi connectivity index (χ3n) is 4.05. The first kappa shape index (κ1) is 18.3. The zero-order chi connectivity index (χ0) is 18.5. The number of nitrogens with one attached hydrogen (secondary N) is 2. The van der Waals surface area contributed by atoms with Crippen LogP contribution in [-0.2, 0) is 17.9 Å². The molecule has 0 fully saturated rings. The molecule has 2 N–H and O–H groups in total. The Morgan fingerprint density at radius 1 is 1.35 bits per heavy atom. The number of H-pyrrole nitrogens is 1. The van der Waals surface area contributed by atoms with Gasteiger partial charge in [0.15, 0.2) is 4.77 Å². The summed E-state index contributed by atoms with van der Waals surface area (Å²) in [7, 11) is 1.60. The SMILES string of the molecule is COc1ccccc1CNC(=O)CCCn1c(=S)[nH]c2ccsc2c1=O. The summed E-state index contributed by atoms with van der Waals surface area (Å²) in [6, 6.07) is 9.39. The van der Waals surface area contributed by atoms with Crippen molar-refractivity contribution in [2.45, 2.75) is 25.9 Å². The summed E-state index contributed by atoms with van der Waals surface area (Å²) in [6.45, 7) is 0.814. The van der Waals surface area contributed by atoms with E-state index in [2.05, 4.69) is 10.3 Å². The highest BCUT2D eigenvalue weighted by Crippen LogP contribution is 2.17. The van der Waals surface area contributed by atoms with E-state index in [1.54, 1.807) is 7.11 Å². The number of aromatic nitrogens is 2. The summed E-state index contributed by atoms with van der Waals surface area (Å²) < 4.78 is 7.82. The second kappa shape index (κ2) is 8.29. The van der Waals surface area contributed by atoms with Gasteiger partial charge < -0.3 is 15.0 Å². The van der Waals surface area contributed by atoms with Crippen LogP contribution in [0.1, 0.15) is 18.4 Å². The average Bonchev–Trinajstić information content (AvgIpc) is 3.11. The zero-order valence-electron chi connectivity index (χ0n) is 14.3. The van der Waals surface area contributed by atoms with Gasteiger partial charge in [-0.25, -0.2) is 0 Å². The Labute approximate surface area is 159 Å². The van der Waals surface area contributed by atoms with Crippen molar-refractivity contribution in [3.63, 3.8) is 0 Å². The number of nitrogens with zero attached hydrogens (tertiary/aromatic N) is 1. The first-order valence-corrected chi connectivity index (χ1v) is 9.48. The number of carbonyl (C=O) groups is 1. The van der Waals surface area contributed by atoms with E-state index in [4.69, 9.17) is 17.0 Å². The van der Waals surface area contributed by atoms with E-state index in [0.29, 0.717) is 35.4 Å². The van der Waals surface area contributed by atoms with Gasteiger partial charge in [0.1, 0.15) is 10.4 Å². The summed E-state index contributed by atoms with van der Waals surface area (Å²) in [4.78, 5) is 27.6. The van der Waals surface area contributed by atoms with Crippen molar-refractivity contribution in [3.8, 4) is 5.75 Å². The highest BCUT2D eigenvalue weighted by Gasteiger charge is 2.09. The molecule has 0 atom stereocenters. The number of benzene rings is 1. The van der Waals surface area contributed by atoms with E-state index in [1.807, 2.05) is 35.7 Å². The van der Waals surface area contributed by atoms with Gasteiger partial charge in [-0.3, -0.25) is 14.2 Å². The van der Waals surface area contributed by atoms with Crippen molar-refractivity contribution < 1.29 is 9.53 Å². The molecule has 0 saturated carbocycles. The number of hydrogen-bond acceptors (Lipinski definition) is 5. The van der Waals surface area contributed by atoms with Gasteiger partial charge in [-0.2, -0.15) is 0 Å². The molecular formula is C18H19N3O3S2. The van der Waals surface area contributed by atoms with E-state index in [0.717, 1.165) is 16.8 Å². The number of rotatable bonds is 7. The smallest absolute Gasteiger partial charge is 0.272 e. The number of thiophene rings is 1. The number of hydrogen-bond donors (Lipinski definition) is 2. The van der Waals surface area contributed by atoms with Gasteiger partial charge in [0.05, 0.1) is 12.6 Å². The standard InChI is InChI=1S/C18H19N3O3S2/c1-24-14-6-3-2-5-12(14)11-19-15(22)7-4-9-21-17(23)16-13(8-10-26-16)20-18(21)25/h2-3,5-6,8,10H,4,7,9,11H2,1H3,(H,19,22)(H,20,25). The lowest BCUT2D eigenvalue weighted by Crippen LogP contribution is -2.25. The lowest BCUT2D eigenvalue weighted by Gasteiger charge is -2.10. The quantitative estimate of drug-likeness (QED) is 0.609.